The van der Waals surface area contributed by atoms with Gasteiger partial charge in [-0.1, -0.05) is 6.07 Å². The van der Waals surface area contributed by atoms with E-state index in [0.717, 1.165) is 11.3 Å². The second-order valence-electron chi connectivity index (χ2n) is 8.42. The normalized spacial score (nSPS) is 11.2. The molecule has 1 amide bonds. The van der Waals surface area contributed by atoms with E-state index in [2.05, 4.69) is 20.4 Å². The van der Waals surface area contributed by atoms with E-state index in [0.29, 0.717) is 17.9 Å². The highest BCUT2D eigenvalue weighted by molar-refractivity contribution is 6.03. The first-order valence-electron chi connectivity index (χ1n) is 10.1. The molecular weight excluding hydrogens is 410 g/mol. The molecule has 0 bridgehead atoms. The molecule has 9 nitrogen and oxygen atoms in total. The predicted molar refractivity (Wildman–Crippen MR) is 119 cm³/mol. The number of anilines is 1. The van der Waals surface area contributed by atoms with Gasteiger partial charge < -0.3 is 14.8 Å². The number of aromatic nitrogens is 4. The van der Waals surface area contributed by atoms with Crippen molar-refractivity contribution in [2.75, 3.05) is 12.4 Å². The molecule has 0 aliphatic heterocycles. The number of hydrogen-bond donors (Lipinski definition) is 1. The number of carbonyl (C=O) groups is 2. The molecule has 0 aliphatic rings. The first-order valence-corrected chi connectivity index (χ1v) is 10.1. The van der Waals surface area contributed by atoms with Gasteiger partial charge in [0.25, 0.3) is 5.91 Å². The number of nitrogens with one attached hydrogen (secondary N) is 1. The Balaban J connectivity index is 1.84. The molecule has 2 heterocycles. The van der Waals surface area contributed by atoms with Crippen LogP contribution < -0.4 is 14.8 Å². The van der Waals surface area contributed by atoms with E-state index in [4.69, 9.17) is 9.47 Å². The predicted octanol–water partition coefficient (Wildman–Crippen LogP) is 3.92. The number of methoxy groups -OCH3 is 1. The molecule has 0 unspecified atom stereocenters. The number of benzene rings is 1. The van der Waals surface area contributed by atoms with Gasteiger partial charge in [-0.2, -0.15) is 10.1 Å². The number of ketones is 1. The van der Waals surface area contributed by atoms with E-state index < -0.39 is 5.91 Å². The maximum atomic E-state index is 12.8. The summed E-state index contributed by atoms with van der Waals surface area (Å²) in [7, 11) is 1.51. The Morgan fingerprint density at radius 1 is 1.16 bits per heavy atom. The van der Waals surface area contributed by atoms with E-state index in [9.17, 15) is 9.59 Å². The minimum absolute atomic E-state index is 0.0469. The van der Waals surface area contributed by atoms with Gasteiger partial charge in [-0.3, -0.25) is 14.3 Å². The number of nitrogens with zero attached hydrogens (tertiary/aromatic N) is 4. The number of hydrogen-bond acceptors (Lipinski definition) is 7. The van der Waals surface area contributed by atoms with E-state index in [1.807, 2.05) is 27.7 Å². The number of amides is 1. The number of aryl methyl sites for hydroxylation is 1. The highest BCUT2D eigenvalue weighted by Gasteiger charge is 2.21. The lowest BCUT2D eigenvalue weighted by Crippen LogP contribution is -2.25. The van der Waals surface area contributed by atoms with Gasteiger partial charge in [0, 0.05) is 12.1 Å². The Morgan fingerprint density at radius 3 is 2.53 bits per heavy atom. The molecule has 0 atom stereocenters. The number of ether oxygens (including phenoxy) is 2. The summed E-state index contributed by atoms with van der Waals surface area (Å²) in [4.78, 5) is 32.4. The highest BCUT2D eigenvalue weighted by atomic mass is 16.5. The summed E-state index contributed by atoms with van der Waals surface area (Å²) in [6.07, 6.45) is 3.07. The van der Waals surface area contributed by atoms with Crippen molar-refractivity contribution in [2.24, 2.45) is 0 Å². The lowest BCUT2D eigenvalue weighted by Gasteiger charge is -2.21. The fraction of sp³-hybridized carbons (Fsp3) is 0.348. The average Bonchev–Trinajstić information content (AvgIpc) is 3.12. The summed E-state index contributed by atoms with van der Waals surface area (Å²) in [5, 5.41) is 7.19. The molecule has 9 heteroatoms. The summed E-state index contributed by atoms with van der Waals surface area (Å²) < 4.78 is 13.1. The van der Waals surface area contributed by atoms with Gasteiger partial charge in [-0.05, 0) is 58.4 Å². The quantitative estimate of drug-likeness (QED) is 0.597. The van der Waals surface area contributed by atoms with Crippen LogP contribution in [0, 0.1) is 6.92 Å². The van der Waals surface area contributed by atoms with Crippen molar-refractivity contribution < 1.29 is 19.1 Å². The molecule has 168 valence electrons. The van der Waals surface area contributed by atoms with Crippen molar-refractivity contribution in [3.8, 4) is 17.4 Å². The number of carbonyl (C=O) groups excluding carboxylic acids is 2. The summed E-state index contributed by atoms with van der Waals surface area (Å²) in [5.74, 6) is 0.629. The van der Waals surface area contributed by atoms with Crippen LogP contribution in [-0.2, 0) is 16.8 Å². The van der Waals surface area contributed by atoms with Crippen molar-refractivity contribution in [3.05, 3.63) is 53.7 Å². The summed E-state index contributed by atoms with van der Waals surface area (Å²) in [6, 6.07) is 6.93. The topological polar surface area (TPSA) is 108 Å². The Labute approximate surface area is 186 Å². The molecule has 0 saturated heterocycles. The second kappa shape index (κ2) is 9.17. The fourth-order valence-corrected chi connectivity index (χ4v) is 3.23. The Bertz CT molecular complexity index is 1150. The lowest BCUT2D eigenvalue weighted by molar-refractivity contribution is -0.116. The van der Waals surface area contributed by atoms with Crippen molar-refractivity contribution >= 4 is 17.4 Å². The van der Waals surface area contributed by atoms with Crippen LogP contribution in [0.5, 0.6) is 17.4 Å². The Morgan fingerprint density at radius 2 is 1.91 bits per heavy atom. The molecule has 0 saturated carbocycles. The van der Waals surface area contributed by atoms with Crippen molar-refractivity contribution in [2.45, 2.75) is 46.6 Å². The lowest BCUT2D eigenvalue weighted by atomic mass is 10.1. The van der Waals surface area contributed by atoms with Crippen LogP contribution in [0.3, 0.4) is 0 Å². The van der Waals surface area contributed by atoms with Gasteiger partial charge in [-0.25, -0.2) is 4.98 Å². The molecule has 0 spiro atoms. The molecule has 1 aromatic carbocycles. The third kappa shape index (κ3) is 5.29. The minimum atomic E-state index is -0.403. The van der Waals surface area contributed by atoms with Gasteiger partial charge in [0.15, 0.2) is 17.2 Å². The van der Waals surface area contributed by atoms with Crippen LogP contribution in [0.15, 0.2) is 36.8 Å². The summed E-state index contributed by atoms with van der Waals surface area (Å²) in [6.45, 7) is 9.47. The SMILES string of the molecule is COc1cc(CC(C)=O)ccc1Oc1ncncc1NC(=O)c1cc(C)n(C(C)(C)C)n1. The molecule has 0 radical (unpaired) electrons. The van der Waals surface area contributed by atoms with E-state index in [1.54, 1.807) is 28.9 Å². The van der Waals surface area contributed by atoms with E-state index in [-0.39, 0.29) is 28.6 Å². The molecule has 3 aromatic rings. The maximum Gasteiger partial charge on any atom is 0.276 e. The third-order valence-electron chi connectivity index (χ3n) is 4.57. The van der Waals surface area contributed by atoms with Crippen LogP contribution in [0.4, 0.5) is 5.69 Å². The largest absolute Gasteiger partial charge is 0.493 e. The van der Waals surface area contributed by atoms with Gasteiger partial charge in [0.05, 0.1) is 18.8 Å². The highest BCUT2D eigenvalue weighted by Crippen LogP contribution is 2.34. The van der Waals surface area contributed by atoms with Crippen LogP contribution >= 0.6 is 0 Å². The molecule has 0 fully saturated rings. The van der Waals surface area contributed by atoms with Crippen LogP contribution in [0.2, 0.25) is 0 Å². The maximum absolute atomic E-state index is 12.8. The fourth-order valence-electron chi connectivity index (χ4n) is 3.23. The zero-order valence-electron chi connectivity index (χ0n) is 19.1. The monoisotopic (exact) mass is 437 g/mol. The molecule has 0 aliphatic carbocycles. The van der Waals surface area contributed by atoms with Gasteiger partial charge in [0.1, 0.15) is 17.8 Å². The van der Waals surface area contributed by atoms with E-state index >= 15 is 0 Å². The third-order valence-corrected chi connectivity index (χ3v) is 4.57. The first kappa shape index (κ1) is 22.9. The van der Waals surface area contributed by atoms with Crippen LogP contribution in [0.25, 0.3) is 0 Å². The molecule has 1 N–H and O–H groups in total. The van der Waals surface area contributed by atoms with Crippen LogP contribution in [0.1, 0.15) is 49.4 Å². The summed E-state index contributed by atoms with van der Waals surface area (Å²) in [5.41, 5.74) is 1.99. The Hall–Kier alpha value is -3.75. The zero-order valence-corrected chi connectivity index (χ0v) is 19.1. The Kier molecular flexibility index (Phi) is 6.57. The second-order valence-corrected chi connectivity index (χ2v) is 8.42. The van der Waals surface area contributed by atoms with Gasteiger partial charge in [0.2, 0.25) is 5.88 Å². The first-order chi connectivity index (χ1) is 15.1. The van der Waals surface area contributed by atoms with Crippen molar-refractivity contribution in [3.63, 3.8) is 0 Å². The molecule has 2 aromatic heterocycles. The molecule has 32 heavy (non-hydrogen) atoms. The van der Waals surface area contributed by atoms with Crippen LogP contribution in [-0.4, -0.2) is 38.5 Å². The standard InChI is InChI=1S/C23H27N5O4/c1-14-9-17(27-28(14)23(3,4)5)21(30)26-18-12-24-13-25-22(18)32-19-8-7-16(10-15(2)29)11-20(19)31-6/h7-9,11-13H,10H2,1-6H3,(H,26,30). The van der Waals surface area contributed by atoms with Crippen molar-refractivity contribution in [1.82, 2.24) is 19.7 Å². The molecule has 3 rings (SSSR count). The summed E-state index contributed by atoms with van der Waals surface area (Å²) >= 11 is 0. The smallest absolute Gasteiger partial charge is 0.276 e. The molecular formula is C23H27N5O4. The van der Waals surface area contributed by atoms with Crippen molar-refractivity contribution in [1.29, 1.82) is 0 Å². The van der Waals surface area contributed by atoms with E-state index in [1.165, 1.54) is 26.6 Å². The van der Waals surface area contributed by atoms with Gasteiger partial charge >= 0.3 is 0 Å². The van der Waals surface area contributed by atoms with Gasteiger partial charge in [-0.15, -0.1) is 0 Å². The number of rotatable bonds is 7. The average molecular weight is 438 g/mol. The minimum Gasteiger partial charge on any atom is -0.493 e. The zero-order chi connectivity index (χ0) is 23.5. The number of Topliss-reactive ketones (excluding diaryl/α,β-unsaturated/α-hetero) is 1.